The Bertz CT molecular complexity index is 404. The molecule has 0 spiro atoms. The molecule has 0 bridgehead atoms. The lowest BCUT2D eigenvalue weighted by Gasteiger charge is -2.04. The van der Waals surface area contributed by atoms with E-state index in [1.807, 2.05) is 0 Å². The summed E-state index contributed by atoms with van der Waals surface area (Å²) in [5.41, 5.74) is 0.277. The van der Waals surface area contributed by atoms with Gasteiger partial charge in [0.2, 0.25) is 0 Å². The Morgan fingerprint density at radius 1 is 1.50 bits per heavy atom. The van der Waals surface area contributed by atoms with Crippen molar-refractivity contribution >= 4 is 17.4 Å². The van der Waals surface area contributed by atoms with Crippen LogP contribution < -0.4 is 5.32 Å². The number of halogens is 2. The van der Waals surface area contributed by atoms with Gasteiger partial charge in [-0.1, -0.05) is 11.6 Å². The molecular formula is C12H13ClFNO. The van der Waals surface area contributed by atoms with E-state index in [4.69, 9.17) is 11.6 Å². The number of hydrogen-bond donors (Lipinski definition) is 1. The van der Waals surface area contributed by atoms with Crippen molar-refractivity contribution in [1.82, 2.24) is 5.32 Å². The molecular weight excluding hydrogens is 229 g/mol. The van der Waals surface area contributed by atoms with Gasteiger partial charge in [-0.15, -0.1) is 0 Å². The van der Waals surface area contributed by atoms with Crippen LogP contribution in [0.25, 0.3) is 0 Å². The second-order valence-corrected chi connectivity index (χ2v) is 4.43. The Balaban J connectivity index is 1.93. The predicted molar refractivity (Wildman–Crippen MR) is 61.4 cm³/mol. The third-order valence-corrected chi connectivity index (χ3v) is 2.92. The molecule has 1 N–H and O–H groups in total. The number of hydrogen-bond acceptors (Lipinski definition) is 2. The molecule has 1 fully saturated rings. The summed E-state index contributed by atoms with van der Waals surface area (Å²) in [5.74, 6) is -0.541. The number of rotatable bonds is 5. The highest BCUT2D eigenvalue weighted by Gasteiger charge is 2.20. The number of carbonyl (C=O) groups excluding carboxylic acids is 1. The van der Waals surface area contributed by atoms with Crippen molar-refractivity contribution in [2.45, 2.75) is 25.3 Å². The van der Waals surface area contributed by atoms with Crippen molar-refractivity contribution in [3.05, 3.63) is 34.6 Å². The molecule has 0 amide bonds. The van der Waals surface area contributed by atoms with Crippen LogP contribution in [-0.2, 0) is 0 Å². The Kier molecular flexibility index (Phi) is 3.56. The van der Waals surface area contributed by atoms with Gasteiger partial charge in [0.15, 0.2) is 5.78 Å². The lowest BCUT2D eigenvalue weighted by molar-refractivity contribution is 0.0982. The largest absolute Gasteiger partial charge is 0.314 e. The molecule has 2 nitrogen and oxygen atoms in total. The quantitative estimate of drug-likeness (QED) is 0.804. The van der Waals surface area contributed by atoms with Gasteiger partial charge in [-0.3, -0.25) is 4.79 Å². The monoisotopic (exact) mass is 241 g/mol. The maximum Gasteiger partial charge on any atom is 0.165 e. The van der Waals surface area contributed by atoms with Crippen LogP contribution in [0, 0.1) is 5.82 Å². The van der Waals surface area contributed by atoms with E-state index < -0.39 is 5.82 Å². The van der Waals surface area contributed by atoms with Crippen molar-refractivity contribution in [3.8, 4) is 0 Å². The van der Waals surface area contributed by atoms with Crippen LogP contribution in [0.3, 0.4) is 0 Å². The van der Waals surface area contributed by atoms with Gasteiger partial charge < -0.3 is 5.32 Å². The van der Waals surface area contributed by atoms with Gasteiger partial charge in [0.25, 0.3) is 0 Å². The minimum Gasteiger partial charge on any atom is -0.314 e. The van der Waals surface area contributed by atoms with Crippen molar-refractivity contribution in [3.63, 3.8) is 0 Å². The van der Waals surface area contributed by atoms with Gasteiger partial charge in [-0.05, 0) is 31.0 Å². The minimum atomic E-state index is -0.428. The Labute approximate surface area is 98.8 Å². The summed E-state index contributed by atoms with van der Waals surface area (Å²) >= 11 is 5.84. The first kappa shape index (κ1) is 11.6. The number of ketones is 1. The van der Waals surface area contributed by atoms with Gasteiger partial charge in [-0.25, -0.2) is 4.39 Å². The number of benzene rings is 1. The van der Waals surface area contributed by atoms with E-state index in [-0.39, 0.29) is 11.3 Å². The van der Waals surface area contributed by atoms with Gasteiger partial charge >= 0.3 is 0 Å². The Morgan fingerprint density at radius 3 is 2.94 bits per heavy atom. The highest BCUT2D eigenvalue weighted by Crippen LogP contribution is 2.20. The fraction of sp³-hybridized carbons (Fsp3) is 0.417. The van der Waals surface area contributed by atoms with Crippen LogP contribution in [0.5, 0.6) is 0 Å². The number of carbonyl (C=O) groups is 1. The molecule has 1 aliphatic rings. The fourth-order valence-corrected chi connectivity index (χ4v) is 1.75. The lowest BCUT2D eigenvalue weighted by Crippen LogP contribution is -2.20. The average molecular weight is 242 g/mol. The SMILES string of the molecule is O=C(CCNC1CC1)c1cc(F)ccc1Cl. The van der Waals surface area contributed by atoms with Crippen LogP contribution in [0.4, 0.5) is 4.39 Å². The summed E-state index contributed by atoms with van der Waals surface area (Å²) in [6.07, 6.45) is 2.74. The van der Waals surface area contributed by atoms with Gasteiger partial charge in [-0.2, -0.15) is 0 Å². The van der Waals surface area contributed by atoms with E-state index in [2.05, 4.69) is 5.32 Å². The average Bonchev–Trinajstić information content (AvgIpc) is 3.05. The van der Waals surface area contributed by atoms with E-state index in [1.165, 1.54) is 31.0 Å². The van der Waals surface area contributed by atoms with Crippen LogP contribution in [0.15, 0.2) is 18.2 Å². The zero-order valence-electron chi connectivity index (χ0n) is 8.80. The molecule has 0 saturated heterocycles. The number of Topliss-reactive ketones (excluding diaryl/α,β-unsaturated/α-hetero) is 1. The van der Waals surface area contributed by atoms with Crippen molar-refractivity contribution in [1.29, 1.82) is 0 Å². The van der Waals surface area contributed by atoms with E-state index in [1.54, 1.807) is 0 Å². The van der Waals surface area contributed by atoms with E-state index in [0.717, 1.165) is 0 Å². The molecule has 16 heavy (non-hydrogen) atoms. The maximum absolute atomic E-state index is 12.9. The van der Waals surface area contributed by atoms with Gasteiger partial charge in [0, 0.05) is 24.6 Å². The molecule has 1 saturated carbocycles. The topological polar surface area (TPSA) is 29.1 Å². The van der Waals surface area contributed by atoms with Crippen LogP contribution in [0.2, 0.25) is 5.02 Å². The third kappa shape index (κ3) is 3.03. The van der Waals surface area contributed by atoms with E-state index in [9.17, 15) is 9.18 Å². The van der Waals surface area contributed by atoms with Gasteiger partial charge in [0.05, 0.1) is 5.02 Å². The van der Waals surface area contributed by atoms with E-state index in [0.29, 0.717) is 24.0 Å². The van der Waals surface area contributed by atoms with E-state index >= 15 is 0 Å². The summed E-state index contributed by atoms with van der Waals surface area (Å²) in [6.45, 7) is 0.635. The fourth-order valence-electron chi connectivity index (χ4n) is 1.52. The first-order chi connectivity index (χ1) is 7.66. The first-order valence-electron chi connectivity index (χ1n) is 5.38. The summed E-state index contributed by atoms with van der Waals surface area (Å²) in [7, 11) is 0. The second-order valence-electron chi connectivity index (χ2n) is 4.03. The minimum absolute atomic E-state index is 0.113. The van der Waals surface area contributed by atoms with Crippen LogP contribution >= 0.6 is 11.6 Å². The summed E-state index contributed by atoms with van der Waals surface area (Å²) in [6, 6.07) is 4.44. The first-order valence-corrected chi connectivity index (χ1v) is 5.76. The van der Waals surface area contributed by atoms with Crippen molar-refractivity contribution in [2.24, 2.45) is 0 Å². The molecule has 0 aromatic heterocycles. The molecule has 0 atom stereocenters. The smallest absolute Gasteiger partial charge is 0.165 e. The highest BCUT2D eigenvalue weighted by molar-refractivity contribution is 6.33. The second kappa shape index (κ2) is 4.93. The molecule has 0 aliphatic heterocycles. The van der Waals surface area contributed by atoms with Crippen molar-refractivity contribution < 1.29 is 9.18 Å². The Morgan fingerprint density at radius 2 is 2.25 bits per heavy atom. The predicted octanol–water partition coefficient (Wildman–Crippen LogP) is 2.80. The molecule has 0 radical (unpaired) electrons. The molecule has 4 heteroatoms. The van der Waals surface area contributed by atoms with Crippen LogP contribution in [-0.4, -0.2) is 18.4 Å². The summed E-state index contributed by atoms with van der Waals surface area (Å²) < 4.78 is 12.9. The molecule has 1 aliphatic carbocycles. The molecule has 0 heterocycles. The standard InChI is InChI=1S/C12H13ClFNO/c13-11-4-1-8(14)7-10(11)12(16)5-6-15-9-2-3-9/h1,4,7,9,15H,2-3,5-6H2. The van der Waals surface area contributed by atoms with Crippen LogP contribution in [0.1, 0.15) is 29.6 Å². The zero-order valence-corrected chi connectivity index (χ0v) is 9.56. The molecule has 2 rings (SSSR count). The molecule has 86 valence electrons. The van der Waals surface area contributed by atoms with Crippen molar-refractivity contribution in [2.75, 3.05) is 6.54 Å². The molecule has 0 unspecified atom stereocenters. The zero-order chi connectivity index (χ0) is 11.5. The van der Waals surface area contributed by atoms with Gasteiger partial charge in [0.1, 0.15) is 5.82 Å². The maximum atomic E-state index is 12.9. The lowest BCUT2D eigenvalue weighted by atomic mass is 10.1. The summed E-state index contributed by atoms with van der Waals surface area (Å²) in [4.78, 5) is 11.7. The molecule has 1 aromatic rings. The Hall–Kier alpha value is -0.930. The summed E-state index contributed by atoms with van der Waals surface area (Å²) in [5, 5.41) is 3.55. The normalized spacial score (nSPS) is 15.1. The molecule has 1 aromatic carbocycles. The highest BCUT2D eigenvalue weighted by atomic mass is 35.5. The third-order valence-electron chi connectivity index (χ3n) is 2.59. The number of nitrogens with one attached hydrogen (secondary N) is 1.